The van der Waals surface area contributed by atoms with Gasteiger partial charge in [0.1, 0.15) is 12.1 Å². The number of pyridine rings is 1. The van der Waals surface area contributed by atoms with Gasteiger partial charge in [0, 0.05) is 17.8 Å². The van der Waals surface area contributed by atoms with E-state index in [2.05, 4.69) is 25.6 Å². The van der Waals surface area contributed by atoms with Crippen LogP contribution in [0.15, 0.2) is 48.9 Å². The fourth-order valence-corrected chi connectivity index (χ4v) is 2.52. The molecule has 3 rings (SSSR count). The first-order chi connectivity index (χ1) is 12.5. The Morgan fingerprint density at radius 1 is 1.15 bits per heavy atom. The molecule has 26 heavy (non-hydrogen) atoms. The van der Waals surface area contributed by atoms with E-state index in [1.807, 2.05) is 31.2 Å². The molecule has 0 atom stereocenters. The standard InChI is InChI=1S/C17H15ClN6O2/c1-11-6-7-19-14(8-11)23-17-15(24(25)26)16(21-10-22-17)20-9-12-4-2-3-5-13(12)18/h2-8,10H,9H2,1H3,(H2,19,20,21,22,23). The summed E-state index contributed by atoms with van der Waals surface area (Å²) in [6, 6.07) is 10.8. The molecule has 8 nitrogen and oxygen atoms in total. The summed E-state index contributed by atoms with van der Waals surface area (Å²) in [5.74, 6) is 0.619. The molecule has 0 saturated heterocycles. The lowest BCUT2D eigenvalue weighted by atomic mass is 10.2. The summed E-state index contributed by atoms with van der Waals surface area (Å²) in [4.78, 5) is 23.2. The molecule has 2 aromatic heterocycles. The molecular weight excluding hydrogens is 356 g/mol. The third kappa shape index (κ3) is 4.04. The van der Waals surface area contributed by atoms with Gasteiger partial charge in [-0.1, -0.05) is 29.8 Å². The van der Waals surface area contributed by atoms with Gasteiger partial charge in [-0.25, -0.2) is 15.0 Å². The quantitative estimate of drug-likeness (QED) is 0.497. The van der Waals surface area contributed by atoms with Crippen LogP contribution in [0.5, 0.6) is 0 Å². The number of aryl methyl sites for hydroxylation is 1. The van der Waals surface area contributed by atoms with Gasteiger partial charge < -0.3 is 10.6 Å². The van der Waals surface area contributed by atoms with E-state index < -0.39 is 4.92 Å². The van der Waals surface area contributed by atoms with Crippen molar-refractivity contribution in [1.82, 2.24) is 15.0 Å². The molecule has 0 aliphatic carbocycles. The lowest BCUT2D eigenvalue weighted by molar-refractivity contribution is -0.383. The molecule has 0 aliphatic rings. The van der Waals surface area contributed by atoms with Crippen LogP contribution in [0.1, 0.15) is 11.1 Å². The molecule has 0 unspecified atom stereocenters. The number of hydrogen-bond donors (Lipinski definition) is 2. The minimum atomic E-state index is -0.535. The number of nitro groups is 1. The van der Waals surface area contributed by atoms with Crippen molar-refractivity contribution >= 4 is 34.7 Å². The summed E-state index contributed by atoms with van der Waals surface area (Å²) in [6.07, 6.45) is 2.86. The van der Waals surface area contributed by atoms with Crippen LogP contribution < -0.4 is 10.6 Å². The molecule has 0 amide bonds. The summed E-state index contributed by atoms with van der Waals surface area (Å²) in [6.45, 7) is 2.19. The first kappa shape index (κ1) is 17.6. The Morgan fingerprint density at radius 3 is 2.65 bits per heavy atom. The summed E-state index contributed by atoms with van der Waals surface area (Å²) in [5, 5.41) is 18.0. The minimum Gasteiger partial charge on any atom is -0.360 e. The Bertz CT molecular complexity index is 950. The van der Waals surface area contributed by atoms with Crippen LogP contribution >= 0.6 is 11.6 Å². The van der Waals surface area contributed by atoms with Crippen LogP contribution in [-0.2, 0) is 6.54 Å². The second kappa shape index (κ2) is 7.75. The van der Waals surface area contributed by atoms with Crippen molar-refractivity contribution in [3.63, 3.8) is 0 Å². The van der Waals surface area contributed by atoms with Gasteiger partial charge in [0.05, 0.1) is 4.92 Å². The van der Waals surface area contributed by atoms with E-state index in [0.29, 0.717) is 17.4 Å². The van der Waals surface area contributed by atoms with Crippen LogP contribution in [0, 0.1) is 17.0 Å². The smallest absolute Gasteiger partial charge is 0.353 e. The Labute approximate surface area is 154 Å². The summed E-state index contributed by atoms with van der Waals surface area (Å²) in [7, 11) is 0. The highest BCUT2D eigenvalue weighted by Crippen LogP contribution is 2.31. The molecule has 0 saturated carbocycles. The maximum absolute atomic E-state index is 11.6. The van der Waals surface area contributed by atoms with E-state index in [-0.39, 0.29) is 17.3 Å². The van der Waals surface area contributed by atoms with Gasteiger partial charge in [0.25, 0.3) is 0 Å². The molecule has 9 heteroatoms. The fourth-order valence-electron chi connectivity index (χ4n) is 2.32. The topological polar surface area (TPSA) is 106 Å². The lowest BCUT2D eigenvalue weighted by Crippen LogP contribution is -2.08. The van der Waals surface area contributed by atoms with Crippen LogP contribution in [0.4, 0.5) is 23.1 Å². The van der Waals surface area contributed by atoms with E-state index >= 15 is 0 Å². The van der Waals surface area contributed by atoms with Crippen molar-refractivity contribution in [3.05, 3.63) is 75.2 Å². The predicted molar refractivity (Wildman–Crippen MR) is 99.7 cm³/mol. The monoisotopic (exact) mass is 370 g/mol. The first-order valence-corrected chi connectivity index (χ1v) is 8.08. The van der Waals surface area contributed by atoms with Crippen LogP contribution in [-0.4, -0.2) is 19.9 Å². The van der Waals surface area contributed by atoms with E-state index in [1.54, 1.807) is 18.3 Å². The zero-order chi connectivity index (χ0) is 18.5. The van der Waals surface area contributed by atoms with Gasteiger partial charge in [-0.3, -0.25) is 10.1 Å². The van der Waals surface area contributed by atoms with Crippen molar-refractivity contribution in [2.75, 3.05) is 10.6 Å². The molecule has 0 spiro atoms. The Morgan fingerprint density at radius 2 is 1.92 bits per heavy atom. The molecule has 1 aromatic carbocycles. The van der Waals surface area contributed by atoms with Crippen molar-refractivity contribution in [2.45, 2.75) is 13.5 Å². The summed E-state index contributed by atoms with van der Waals surface area (Å²) >= 11 is 6.12. The van der Waals surface area contributed by atoms with Crippen molar-refractivity contribution in [2.24, 2.45) is 0 Å². The van der Waals surface area contributed by atoms with E-state index in [0.717, 1.165) is 11.1 Å². The molecule has 2 heterocycles. The molecule has 0 fully saturated rings. The predicted octanol–water partition coefficient (Wildman–Crippen LogP) is 4.10. The van der Waals surface area contributed by atoms with Crippen LogP contribution in [0.3, 0.4) is 0 Å². The number of nitrogens with one attached hydrogen (secondary N) is 2. The number of aromatic nitrogens is 3. The second-order valence-electron chi connectivity index (χ2n) is 5.46. The molecule has 132 valence electrons. The molecule has 0 aliphatic heterocycles. The second-order valence-corrected chi connectivity index (χ2v) is 5.87. The molecule has 3 aromatic rings. The van der Waals surface area contributed by atoms with Crippen LogP contribution in [0.25, 0.3) is 0 Å². The van der Waals surface area contributed by atoms with Gasteiger partial charge in [0.15, 0.2) is 0 Å². The highest BCUT2D eigenvalue weighted by Gasteiger charge is 2.23. The highest BCUT2D eigenvalue weighted by atomic mass is 35.5. The van der Waals surface area contributed by atoms with Crippen molar-refractivity contribution in [1.29, 1.82) is 0 Å². The third-order valence-electron chi connectivity index (χ3n) is 3.57. The maximum Gasteiger partial charge on any atom is 0.353 e. The summed E-state index contributed by atoms with van der Waals surface area (Å²) in [5.41, 5.74) is 1.51. The Hall–Kier alpha value is -3.26. The minimum absolute atomic E-state index is 0.0600. The normalized spacial score (nSPS) is 10.4. The summed E-state index contributed by atoms with van der Waals surface area (Å²) < 4.78 is 0. The highest BCUT2D eigenvalue weighted by molar-refractivity contribution is 6.31. The molecule has 0 bridgehead atoms. The van der Waals surface area contributed by atoms with Gasteiger partial charge in [-0.2, -0.15) is 0 Å². The number of anilines is 3. The van der Waals surface area contributed by atoms with Gasteiger partial charge in [-0.05, 0) is 36.2 Å². The molecular formula is C17H15ClN6O2. The maximum atomic E-state index is 11.6. The van der Waals surface area contributed by atoms with E-state index in [4.69, 9.17) is 11.6 Å². The average Bonchev–Trinajstić information content (AvgIpc) is 2.61. The largest absolute Gasteiger partial charge is 0.360 e. The third-order valence-corrected chi connectivity index (χ3v) is 3.94. The van der Waals surface area contributed by atoms with Gasteiger partial charge >= 0.3 is 5.69 Å². The zero-order valence-electron chi connectivity index (χ0n) is 13.8. The Balaban J connectivity index is 1.88. The fraction of sp³-hybridized carbons (Fsp3) is 0.118. The van der Waals surface area contributed by atoms with E-state index in [9.17, 15) is 10.1 Å². The average molecular weight is 371 g/mol. The van der Waals surface area contributed by atoms with Crippen molar-refractivity contribution < 1.29 is 4.92 Å². The number of hydrogen-bond acceptors (Lipinski definition) is 7. The lowest BCUT2D eigenvalue weighted by Gasteiger charge is -2.10. The van der Waals surface area contributed by atoms with Crippen molar-refractivity contribution in [3.8, 4) is 0 Å². The number of rotatable bonds is 6. The molecule has 2 N–H and O–H groups in total. The van der Waals surface area contributed by atoms with Gasteiger partial charge in [-0.15, -0.1) is 0 Å². The Kier molecular flexibility index (Phi) is 5.23. The van der Waals surface area contributed by atoms with Gasteiger partial charge in [0.2, 0.25) is 11.6 Å². The number of nitrogens with zero attached hydrogens (tertiary/aromatic N) is 4. The molecule has 0 radical (unpaired) electrons. The zero-order valence-corrected chi connectivity index (χ0v) is 14.6. The van der Waals surface area contributed by atoms with E-state index in [1.165, 1.54) is 6.33 Å². The SMILES string of the molecule is Cc1ccnc(Nc2ncnc(NCc3ccccc3Cl)c2[N+](=O)[O-])c1. The first-order valence-electron chi connectivity index (χ1n) is 7.71. The number of halogens is 1. The number of benzene rings is 1. The van der Waals surface area contributed by atoms with Crippen LogP contribution in [0.2, 0.25) is 5.02 Å².